The second kappa shape index (κ2) is 4.80. The molecule has 1 aromatic rings. The van der Waals surface area contributed by atoms with Gasteiger partial charge in [0, 0.05) is 5.69 Å². The maximum Gasteiger partial charge on any atom is 0.463 e. The summed E-state index contributed by atoms with van der Waals surface area (Å²) in [4.78, 5) is 19.8. The summed E-state index contributed by atoms with van der Waals surface area (Å²) in [5, 5.41) is 12.1. The number of ether oxygens (including phenoxy) is 1. The van der Waals surface area contributed by atoms with Crippen LogP contribution in [0.25, 0.3) is 0 Å². The van der Waals surface area contributed by atoms with E-state index in [0.29, 0.717) is 5.69 Å². The molecule has 1 aromatic carbocycles. The summed E-state index contributed by atoms with van der Waals surface area (Å²) in [6.45, 7) is 0.221. The molecular formula is C8H7N2O4. The van der Waals surface area contributed by atoms with Gasteiger partial charge >= 0.3 is 12.8 Å². The lowest BCUT2D eigenvalue weighted by Gasteiger charge is -2.01. The molecule has 0 unspecified atom stereocenters. The molecule has 0 aliphatic carbocycles. The molecular weight excluding hydrogens is 188 g/mol. The first-order valence-corrected chi connectivity index (χ1v) is 3.68. The van der Waals surface area contributed by atoms with Crippen molar-refractivity contribution in [1.82, 2.24) is 0 Å². The molecule has 0 aliphatic heterocycles. The van der Waals surface area contributed by atoms with Crippen LogP contribution in [0, 0.1) is 16.8 Å². The maximum atomic E-state index is 10.8. The third kappa shape index (κ3) is 3.53. The van der Waals surface area contributed by atoms with E-state index in [1.54, 1.807) is 30.3 Å². The monoisotopic (exact) mass is 195 g/mol. The van der Waals surface area contributed by atoms with Gasteiger partial charge in [-0.3, -0.25) is 15.4 Å². The number of anilines is 1. The predicted molar refractivity (Wildman–Crippen MR) is 47.8 cm³/mol. The van der Waals surface area contributed by atoms with Crippen molar-refractivity contribution >= 4 is 11.8 Å². The average molecular weight is 195 g/mol. The van der Waals surface area contributed by atoms with Gasteiger partial charge in [0.2, 0.25) is 0 Å². The van der Waals surface area contributed by atoms with Gasteiger partial charge < -0.3 is 4.74 Å². The molecule has 0 bridgehead atoms. The number of nitro groups is 1. The smallest absolute Gasteiger partial charge is 0.373 e. The van der Waals surface area contributed by atoms with Crippen molar-refractivity contribution in [2.45, 2.75) is 0 Å². The van der Waals surface area contributed by atoms with E-state index >= 15 is 0 Å². The zero-order chi connectivity index (χ0) is 10.4. The van der Waals surface area contributed by atoms with E-state index < -0.39 is 11.0 Å². The predicted octanol–water partition coefficient (Wildman–Crippen LogP) is 1.63. The second-order valence-corrected chi connectivity index (χ2v) is 2.29. The molecule has 0 spiro atoms. The molecule has 0 saturated carbocycles. The highest BCUT2D eigenvalue weighted by Crippen LogP contribution is 2.05. The van der Waals surface area contributed by atoms with Gasteiger partial charge in [-0.2, -0.15) is 0 Å². The summed E-state index contributed by atoms with van der Waals surface area (Å²) in [5.41, 5.74) is 0.509. The molecule has 0 aromatic heterocycles. The molecule has 0 heterocycles. The van der Waals surface area contributed by atoms with E-state index in [1.807, 2.05) is 0 Å². The molecule has 14 heavy (non-hydrogen) atoms. The molecule has 1 rings (SSSR count). The number of carbonyl (C=O) groups excluding carboxylic acids is 1. The largest absolute Gasteiger partial charge is 0.463 e. The first kappa shape index (κ1) is 9.97. The van der Waals surface area contributed by atoms with E-state index in [-0.39, 0.29) is 6.73 Å². The fourth-order valence-electron chi connectivity index (χ4n) is 0.760. The number of benzene rings is 1. The van der Waals surface area contributed by atoms with Crippen molar-refractivity contribution in [2.24, 2.45) is 0 Å². The quantitative estimate of drug-likeness (QED) is 0.587. The summed E-state index contributed by atoms with van der Waals surface area (Å²) < 4.78 is 4.13. The van der Waals surface area contributed by atoms with Crippen LogP contribution in [0.5, 0.6) is 0 Å². The van der Waals surface area contributed by atoms with Gasteiger partial charge in [0.1, 0.15) is 0 Å². The van der Waals surface area contributed by atoms with Gasteiger partial charge in [0.25, 0.3) is 0 Å². The van der Waals surface area contributed by atoms with Gasteiger partial charge in [0.15, 0.2) is 0 Å². The minimum absolute atomic E-state index is 0.221. The Morgan fingerprint density at radius 1 is 1.43 bits per heavy atom. The lowest BCUT2D eigenvalue weighted by Crippen LogP contribution is -2.14. The van der Waals surface area contributed by atoms with Crippen LogP contribution in [0.4, 0.5) is 10.5 Å². The third-order valence-electron chi connectivity index (χ3n) is 1.27. The van der Waals surface area contributed by atoms with Crippen molar-refractivity contribution < 1.29 is 14.5 Å². The zero-order valence-corrected chi connectivity index (χ0v) is 7.04. The number of hydrogen-bond acceptors (Lipinski definition) is 4. The van der Waals surface area contributed by atoms with Crippen molar-refractivity contribution in [3.05, 3.63) is 47.2 Å². The highest BCUT2D eigenvalue weighted by molar-refractivity contribution is 5.84. The molecule has 0 saturated heterocycles. The fourth-order valence-corrected chi connectivity index (χ4v) is 0.760. The van der Waals surface area contributed by atoms with Gasteiger partial charge in [-0.1, -0.05) is 18.2 Å². The Bertz CT molecular complexity index is 325. The molecule has 1 radical (unpaired) electrons. The number of rotatable bonds is 3. The molecule has 73 valence electrons. The summed E-state index contributed by atoms with van der Waals surface area (Å²) in [7, 11) is 0. The number of hydrogen-bond donors (Lipinski definition) is 1. The highest BCUT2D eigenvalue weighted by atomic mass is 16.7. The average Bonchev–Trinajstić information content (AvgIpc) is 2.16. The third-order valence-corrected chi connectivity index (χ3v) is 1.27. The zero-order valence-electron chi connectivity index (χ0n) is 7.04. The van der Waals surface area contributed by atoms with Gasteiger partial charge in [-0.05, 0) is 12.1 Å². The Morgan fingerprint density at radius 3 is 2.64 bits per heavy atom. The van der Waals surface area contributed by atoms with Crippen LogP contribution >= 0.6 is 0 Å². The maximum absolute atomic E-state index is 10.8. The minimum atomic E-state index is -0.895. The first-order valence-electron chi connectivity index (χ1n) is 3.68. The molecule has 1 N–H and O–H groups in total. The van der Waals surface area contributed by atoms with Crippen LogP contribution in [0.2, 0.25) is 0 Å². The van der Waals surface area contributed by atoms with E-state index in [0.717, 1.165) is 0 Å². The SMILES string of the molecule is O=C(Nc1ccccc1)O[CH][N+](=O)[O-]. The molecule has 6 heteroatoms. The first-order chi connectivity index (χ1) is 6.68. The topological polar surface area (TPSA) is 81.5 Å². The van der Waals surface area contributed by atoms with Crippen LogP contribution in [0.1, 0.15) is 0 Å². The molecule has 0 fully saturated rings. The second-order valence-electron chi connectivity index (χ2n) is 2.29. The Morgan fingerprint density at radius 2 is 2.07 bits per heavy atom. The Balaban J connectivity index is 2.38. The lowest BCUT2D eigenvalue weighted by atomic mass is 10.3. The number of nitrogens with one attached hydrogen (secondary N) is 1. The van der Waals surface area contributed by atoms with Crippen molar-refractivity contribution in [3.8, 4) is 0 Å². The van der Waals surface area contributed by atoms with Gasteiger partial charge in [-0.25, -0.2) is 4.79 Å². The lowest BCUT2D eigenvalue weighted by molar-refractivity contribution is -0.468. The minimum Gasteiger partial charge on any atom is -0.373 e. The van der Waals surface area contributed by atoms with E-state index in [1.165, 1.54) is 0 Å². The molecule has 6 nitrogen and oxygen atoms in total. The Kier molecular flexibility index (Phi) is 3.42. The van der Waals surface area contributed by atoms with Crippen LogP contribution in [-0.2, 0) is 4.74 Å². The van der Waals surface area contributed by atoms with Gasteiger partial charge in [0.05, 0.1) is 4.92 Å². The van der Waals surface area contributed by atoms with E-state index in [4.69, 9.17) is 0 Å². The van der Waals surface area contributed by atoms with E-state index in [2.05, 4.69) is 10.1 Å². The van der Waals surface area contributed by atoms with Gasteiger partial charge in [-0.15, -0.1) is 0 Å². The summed E-state index contributed by atoms with van der Waals surface area (Å²) in [6.07, 6.45) is -0.895. The van der Waals surface area contributed by atoms with Crippen molar-refractivity contribution in [2.75, 3.05) is 5.32 Å². The summed E-state index contributed by atoms with van der Waals surface area (Å²) >= 11 is 0. The molecule has 0 atom stereocenters. The number of nitrogens with zero attached hydrogens (tertiary/aromatic N) is 1. The number of amides is 1. The highest BCUT2D eigenvalue weighted by Gasteiger charge is 2.07. The van der Waals surface area contributed by atoms with Crippen LogP contribution < -0.4 is 5.32 Å². The fraction of sp³-hybridized carbons (Fsp3) is 0. The van der Waals surface area contributed by atoms with Crippen LogP contribution in [-0.4, -0.2) is 11.0 Å². The standard InChI is InChI=1S/C8H7N2O4/c11-8(14-6-10(12)13)9-7-4-2-1-3-5-7/h1-6H,(H,9,11). The normalized spacial score (nSPS) is 9.14. The van der Waals surface area contributed by atoms with Crippen LogP contribution in [0.15, 0.2) is 30.3 Å². The molecule has 1 amide bonds. The number of carbonyl (C=O) groups is 1. The summed E-state index contributed by atoms with van der Waals surface area (Å²) in [5.74, 6) is 0. The van der Waals surface area contributed by atoms with E-state index in [9.17, 15) is 14.9 Å². The summed E-state index contributed by atoms with van der Waals surface area (Å²) in [6, 6.07) is 8.47. The Hall–Kier alpha value is -2.11. The van der Waals surface area contributed by atoms with Crippen molar-refractivity contribution in [1.29, 1.82) is 0 Å². The van der Waals surface area contributed by atoms with Crippen LogP contribution in [0.3, 0.4) is 0 Å². The Labute approximate surface area is 79.6 Å². The van der Waals surface area contributed by atoms with Crippen molar-refractivity contribution in [3.63, 3.8) is 0 Å². The number of para-hydroxylation sites is 1. The molecule has 0 aliphatic rings.